The highest BCUT2D eigenvalue weighted by Crippen LogP contribution is 2.33. The Bertz CT molecular complexity index is 1420. The Kier molecular flexibility index (Phi) is 8.07. The second kappa shape index (κ2) is 12.0. The van der Waals surface area contributed by atoms with E-state index in [1.165, 1.54) is 15.9 Å². The molecule has 1 amide bonds. The van der Waals surface area contributed by atoms with E-state index in [-0.39, 0.29) is 11.6 Å². The number of carbonyl (C=O) groups is 1. The zero-order valence-electron chi connectivity index (χ0n) is 22.5. The van der Waals surface area contributed by atoms with E-state index in [2.05, 4.69) is 32.5 Å². The summed E-state index contributed by atoms with van der Waals surface area (Å²) >= 11 is 0. The van der Waals surface area contributed by atoms with Gasteiger partial charge < -0.3 is 19.5 Å². The van der Waals surface area contributed by atoms with Crippen molar-refractivity contribution in [3.8, 4) is 22.9 Å². The first-order valence-corrected chi connectivity index (χ1v) is 13.0. The van der Waals surface area contributed by atoms with Crippen LogP contribution in [0.1, 0.15) is 33.7 Å². The van der Waals surface area contributed by atoms with Gasteiger partial charge in [-0.1, -0.05) is 18.2 Å². The number of fused-ring (bicyclic) bond motifs is 1. The molecule has 0 radical (unpaired) electrons. The van der Waals surface area contributed by atoms with Crippen LogP contribution in [-0.2, 0) is 13.0 Å². The number of hydrogen-bond donors (Lipinski definition) is 1. The summed E-state index contributed by atoms with van der Waals surface area (Å²) in [5.74, 6) is 2.02. The number of ether oxygens (including phenoxy) is 3. The minimum absolute atomic E-state index is 0.289. The molecule has 0 saturated carbocycles. The van der Waals surface area contributed by atoms with Crippen LogP contribution in [0.3, 0.4) is 0 Å². The van der Waals surface area contributed by atoms with Gasteiger partial charge in [-0.3, -0.25) is 9.69 Å². The van der Waals surface area contributed by atoms with Crippen LogP contribution in [0.25, 0.3) is 5.69 Å². The first-order chi connectivity index (χ1) is 19.0. The van der Waals surface area contributed by atoms with Crippen LogP contribution in [0.5, 0.6) is 17.2 Å². The molecule has 0 fully saturated rings. The molecule has 1 aromatic heterocycles. The molecule has 1 aliphatic heterocycles. The lowest BCUT2D eigenvalue weighted by Gasteiger charge is -2.29. The fourth-order valence-corrected chi connectivity index (χ4v) is 4.70. The number of benzene rings is 3. The lowest BCUT2D eigenvalue weighted by molar-refractivity contribution is 0.102. The predicted molar refractivity (Wildman–Crippen MR) is 149 cm³/mol. The monoisotopic (exact) mass is 527 g/mol. The number of methoxy groups -OCH3 is 2. The van der Waals surface area contributed by atoms with Crippen molar-refractivity contribution in [3.05, 3.63) is 89.2 Å². The van der Waals surface area contributed by atoms with E-state index in [0.717, 1.165) is 55.4 Å². The molecule has 0 spiro atoms. The number of hydrogen-bond acceptors (Lipinski definition) is 7. The number of aromatic nitrogens is 3. The van der Waals surface area contributed by atoms with Crippen molar-refractivity contribution in [2.75, 3.05) is 39.2 Å². The Morgan fingerprint density at radius 1 is 0.949 bits per heavy atom. The minimum atomic E-state index is -0.303. The number of rotatable bonds is 10. The molecule has 1 aliphatic rings. The van der Waals surface area contributed by atoms with Crippen molar-refractivity contribution in [3.63, 3.8) is 0 Å². The lowest BCUT2D eigenvalue weighted by atomic mass is 9.98. The summed E-state index contributed by atoms with van der Waals surface area (Å²) in [5, 5.41) is 11.6. The lowest BCUT2D eigenvalue weighted by Crippen LogP contribution is -2.32. The second-order valence-corrected chi connectivity index (χ2v) is 9.44. The number of nitrogens with one attached hydrogen (secondary N) is 1. The van der Waals surface area contributed by atoms with Gasteiger partial charge in [0.1, 0.15) is 5.75 Å². The third kappa shape index (κ3) is 6.21. The van der Waals surface area contributed by atoms with Crippen LogP contribution >= 0.6 is 0 Å². The number of aryl methyl sites for hydroxylation is 1. The topological polar surface area (TPSA) is 90.7 Å². The number of anilines is 1. The van der Waals surface area contributed by atoms with E-state index in [4.69, 9.17) is 14.2 Å². The second-order valence-electron chi connectivity index (χ2n) is 9.44. The number of nitrogens with zero attached hydrogens (tertiary/aromatic N) is 4. The molecule has 1 N–H and O–H groups in total. The molecule has 9 heteroatoms. The van der Waals surface area contributed by atoms with Crippen LogP contribution in [0.4, 0.5) is 5.69 Å². The van der Waals surface area contributed by atoms with Crippen molar-refractivity contribution < 1.29 is 19.0 Å². The standard InChI is InChI=1S/C30H33N5O4/c1-21-29(33-35(32-21)25-8-5-4-6-9-25)30(36)31-24-10-12-26(13-11-24)39-17-7-15-34-16-14-22-18-27(37-2)28(38-3)19-23(22)20-34/h4-6,8-13,18-19H,7,14-17,20H2,1-3H3,(H,31,36). The Hall–Kier alpha value is -4.37. The Balaban J connectivity index is 1.08. The average molecular weight is 528 g/mol. The van der Waals surface area contributed by atoms with E-state index in [1.54, 1.807) is 21.1 Å². The van der Waals surface area contributed by atoms with Gasteiger partial charge in [-0.25, -0.2) is 0 Å². The molecule has 0 bridgehead atoms. The van der Waals surface area contributed by atoms with E-state index < -0.39 is 0 Å². The summed E-state index contributed by atoms with van der Waals surface area (Å²) in [6.07, 6.45) is 1.91. The van der Waals surface area contributed by atoms with Gasteiger partial charge in [-0.05, 0) is 79.4 Å². The number of carbonyl (C=O) groups excluding carboxylic acids is 1. The highest BCUT2D eigenvalue weighted by Gasteiger charge is 2.19. The largest absolute Gasteiger partial charge is 0.494 e. The fraction of sp³-hybridized carbons (Fsp3) is 0.300. The maximum absolute atomic E-state index is 12.8. The molecule has 2 heterocycles. The van der Waals surface area contributed by atoms with Crippen LogP contribution in [0.15, 0.2) is 66.7 Å². The summed E-state index contributed by atoms with van der Waals surface area (Å²) < 4.78 is 16.9. The maximum atomic E-state index is 12.8. The van der Waals surface area contributed by atoms with Gasteiger partial charge in [0.15, 0.2) is 17.2 Å². The van der Waals surface area contributed by atoms with E-state index in [0.29, 0.717) is 18.0 Å². The molecule has 0 unspecified atom stereocenters. The van der Waals surface area contributed by atoms with E-state index in [9.17, 15) is 4.79 Å². The van der Waals surface area contributed by atoms with Gasteiger partial charge in [-0.15, -0.1) is 5.10 Å². The molecule has 0 aliphatic carbocycles. The average Bonchev–Trinajstić information content (AvgIpc) is 3.37. The molecule has 0 atom stereocenters. The zero-order chi connectivity index (χ0) is 27.2. The third-order valence-electron chi connectivity index (χ3n) is 6.78. The van der Waals surface area contributed by atoms with Gasteiger partial charge in [0.2, 0.25) is 0 Å². The molecular weight excluding hydrogens is 494 g/mol. The molecule has 5 rings (SSSR count). The predicted octanol–water partition coefficient (Wildman–Crippen LogP) is 4.67. The van der Waals surface area contributed by atoms with Crippen LogP contribution in [-0.4, -0.2) is 59.7 Å². The number of amides is 1. The highest BCUT2D eigenvalue weighted by molar-refractivity contribution is 6.03. The Labute approximate surface area is 228 Å². The smallest absolute Gasteiger partial charge is 0.278 e. The molecule has 3 aromatic carbocycles. The van der Waals surface area contributed by atoms with Gasteiger partial charge in [0, 0.05) is 25.3 Å². The summed E-state index contributed by atoms with van der Waals surface area (Å²) in [5.41, 5.74) is 4.93. The molecule has 0 saturated heterocycles. The fourth-order valence-electron chi connectivity index (χ4n) is 4.70. The van der Waals surface area contributed by atoms with Crippen molar-refractivity contribution in [2.45, 2.75) is 26.3 Å². The molecule has 202 valence electrons. The SMILES string of the molecule is COc1cc2c(cc1OC)CN(CCCOc1ccc(NC(=O)c3nn(-c4ccccc4)nc3C)cc1)CC2. The van der Waals surface area contributed by atoms with Gasteiger partial charge in [0.05, 0.1) is 32.2 Å². The van der Waals surface area contributed by atoms with E-state index >= 15 is 0 Å². The first kappa shape index (κ1) is 26.2. The summed E-state index contributed by atoms with van der Waals surface area (Å²) in [6, 6.07) is 21.1. The molecule has 9 nitrogen and oxygen atoms in total. The van der Waals surface area contributed by atoms with Crippen LogP contribution < -0.4 is 19.5 Å². The van der Waals surface area contributed by atoms with Crippen LogP contribution in [0.2, 0.25) is 0 Å². The van der Waals surface area contributed by atoms with Crippen molar-refractivity contribution in [1.82, 2.24) is 19.9 Å². The first-order valence-electron chi connectivity index (χ1n) is 13.0. The highest BCUT2D eigenvalue weighted by atomic mass is 16.5. The summed E-state index contributed by atoms with van der Waals surface area (Å²) in [6.45, 7) is 5.24. The molecule has 39 heavy (non-hydrogen) atoms. The minimum Gasteiger partial charge on any atom is -0.494 e. The zero-order valence-corrected chi connectivity index (χ0v) is 22.5. The third-order valence-corrected chi connectivity index (χ3v) is 6.78. The quantitative estimate of drug-likeness (QED) is 0.300. The summed E-state index contributed by atoms with van der Waals surface area (Å²) in [4.78, 5) is 16.7. The Morgan fingerprint density at radius 3 is 2.38 bits per heavy atom. The van der Waals surface area contributed by atoms with Gasteiger partial charge in [0.25, 0.3) is 5.91 Å². The van der Waals surface area contributed by atoms with Crippen LogP contribution in [0, 0.1) is 6.92 Å². The van der Waals surface area contributed by atoms with Crippen molar-refractivity contribution in [2.24, 2.45) is 0 Å². The molecular formula is C30H33N5O4. The summed E-state index contributed by atoms with van der Waals surface area (Å²) in [7, 11) is 3.34. The van der Waals surface area contributed by atoms with Crippen molar-refractivity contribution in [1.29, 1.82) is 0 Å². The number of para-hydroxylation sites is 1. The van der Waals surface area contributed by atoms with Gasteiger partial charge >= 0.3 is 0 Å². The van der Waals surface area contributed by atoms with Crippen molar-refractivity contribution >= 4 is 11.6 Å². The van der Waals surface area contributed by atoms with E-state index in [1.807, 2.05) is 54.6 Å². The van der Waals surface area contributed by atoms with Gasteiger partial charge in [-0.2, -0.15) is 9.90 Å². The molecule has 4 aromatic rings. The normalized spacial score (nSPS) is 13.0. The maximum Gasteiger partial charge on any atom is 0.278 e. The Morgan fingerprint density at radius 2 is 1.67 bits per heavy atom.